The molecule has 5 heteroatoms. The van der Waals surface area contributed by atoms with Gasteiger partial charge in [-0.2, -0.15) is 0 Å². The highest BCUT2D eigenvalue weighted by Crippen LogP contribution is 2.32. The monoisotopic (exact) mass is 271 g/mol. The zero-order valence-electron chi connectivity index (χ0n) is 11.1. The van der Waals surface area contributed by atoms with Crippen LogP contribution in [-0.4, -0.2) is 17.8 Å². The highest BCUT2D eigenvalue weighted by atomic mass is 16.6. The molecule has 0 atom stereocenters. The number of nitro benzene ring substituents is 1. The van der Waals surface area contributed by atoms with E-state index in [0.29, 0.717) is 22.4 Å². The molecule has 0 bridgehead atoms. The van der Waals surface area contributed by atoms with Crippen molar-refractivity contribution in [2.45, 2.75) is 6.92 Å². The van der Waals surface area contributed by atoms with Crippen molar-refractivity contribution in [2.24, 2.45) is 0 Å². The Bertz CT molecular complexity index is 679. The third kappa shape index (κ3) is 2.66. The van der Waals surface area contributed by atoms with Crippen molar-refractivity contribution in [3.05, 3.63) is 58.1 Å². The average Bonchev–Trinajstić information content (AvgIpc) is 2.46. The van der Waals surface area contributed by atoms with E-state index >= 15 is 0 Å². The Kier molecular flexibility index (Phi) is 3.79. The summed E-state index contributed by atoms with van der Waals surface area (Å²) in [6.45, 7) is 1.47. The molecule has 0 aromatic heterocycles. The molecular formula is C15H13NO4. The van der Waals surface area contributed by atoms with E-state index in [9.17, 15) is 14.9 Å². The third-order valence-corrected chi connectivity index (χ3v) is 2.97. The average molecular weight is 271 g/mol. The van der Waals surface area contributed by atoms with Crippen molar-refractivity contribution in [3.63, 3.8) is 0 Å². The molecule has 0 aliphatic heterocycles. The van der Waals surface area contributed by atoms with Crippen LogP contribution < -0.4 is 4.74 Å². The van der Waals surface area contributed by atoms with E-state index < -0.39 is 4.92 Å². The van der Waals surface area contributed by atoms with E-state index in [4.69, 9.17) is 4.74 Å². The maximum absolute atomic E-state index is 11.5. The van der Waals surface area contributed by atoms with Gasteiger partial charge >= 0.3 is 0 Å². The van der Waals surface area contributed by atoms with Gasteiger partial charge in [-0.15, -0.1) is 0 Å². The summed E-state index contributed by atoms with van der Waals surface area (Å²) in [5.74, 6) is 0.495. The molecule has 0 saturated heterocycles. The number of carbonyl (C=O) groups excluding carboxylic acids is 1. The highest BCUT2D eigenvalue weighted by molar-refractivity contribution is 5.96. The van der Waals surface area contributed by atoms with Crippen molar-refractivity contribution < 1.29 is 14.5 Å². The van der Waals surface area contributed by atoms with Crippen LogP contribution in [0.3, 0.4) is 0 Å². The number of Topliss-reactive ketones (excluding diaryl/α,β-unsaturated/α-hetero) is 1. The number of carbonyl (C=O) groups is 1. The van der Waals surface area contributed by atoms with Crippen LogP contribution in [0, 0.1) is 10.1 Å². The predicted octanol–water partition coefficient (Wildman–Crippen LogP) is 3.47. The number of hydrogen-bond donors (Lipinski definition) is 0. The van der Waals surface area contributed by atoms with Gasteiger partial charge in [-0.3, -0.25) is 14.9 Å². The first-order valence-corrected chi connectivity index (χ1v) is 5.96. The number of nitrogens with zero attached hydrogens (tertiary/aromatic N) is 1. The largest absolute Gasteiger partial charge is 0.496 e. The van der Waals surface area contributed by atoms with Gasteiger partial charge < -0.3 is 4.74 Å². The summed E-state index contributed by atoms with van der Waals surface area (Å²) < 4.78 is 5.25. The molecular weight excluding hydrogens is 258 g/mol. The smallest absolute Gasteiger partial charge is 0.270 e. The molecule has 0 unspecified atom stereocenters. The molecule has 0 fully saturated rings. The molecule has 2 aromatic carbocycles. The Hall–Kier alpha value is -2.69. The molecule has 0 N–H and O–H groups in total. The highest BCUT2D eigenvalue weighted by Gasteiger charge is 2.12. The van der Waals surface area contributed by atoms with Crippen molar-refractivity contribution in [1.29, 1.82) is 0 Å². The molecule has 20 heavy (non-hydrogen) atoms. The van der Waals surface area contributed by atoms with Gasteiger partial charge in [0.1, 0.15) is 5.75 Å². The summed E-state index contributed by atoms with van der Waals surface area (Å²) in [4.78, 5) is 21.8. The van der Waals surface area contributed by atoms with Gasteiger partial charge in [0.2, 0.25) is 0 Å². The molecule has 5 nitrogen and oxygen atoms in total. The summed E-state index contributed by atoms with van der Waals surface area (Å²) >= 11 is 0. The molecule has 0 aliphatic rings. The zero-order valence-corrected chi connectivity index (χ0v) is 11.1. The topological polar surface area (TPSA) is 69.4 Å². The van der Waals surface area contributed by atoms with Gasteiger partial charge in [0.25, 0.3) is 5.69 Å². The van der Waals surface area contributed by atoms with Crippen LogP contribution in [0.1, 0.15) is 17.3 Å². The van der Waals surface area contributed by atoms with Crippen molar-refractivity contribution in [1.82, 2.24) is 0 Å². The van der Waals surface area contributed by atoms with Gasteiger partial charge in [-0.1, -0.05) is 12.1 Å². The van der Waals surface area contributed by atoms with E-state index in [0.717, 1.165) is 0 Å². The first-order chi connectivity index (χ1) is 9.52. The minimum atomic E-state index is -0.454. The summed E-state index contributed by atoms with van der Waals surface area (Å²) in [5.41, 5.74) is 1.83. The standard InChI is InChI=1S/C15H13NO4/c1-10(17)11-6-7-15(20-2)14(9-11)12-4-3-5-13(8-12)16(18)19/h3-9H,1-2H3. The minimum Gasteiger partial charge on any atom is -0.496 e. The summed E-state index contributed by atoms with van der Waals surface area (Å²) in [6, 6.07) is 11.3. The maximum Gasteiger partial charge on any atom is 0.270 e. The second kappa shape index (κ2) is 5.52. The number of benzene rings is 2. The van der Waals surface area contributed by atoms with Crippen LogP contribution in [0.4, 0.5) is 5.69 Å². The minimum absolute atomic E-state index is 0.00205. The van der Waals surface area contributed by atoms with Crippen LogP contribution in [0.5, 0.6) is 5.75 Å². The normalized spacial score (nSPS) is 10.1. The summed E-state index contributed by atoms with van der Waals surface area (Å²) in [7, 11) is 1.52. The van der Waals surface area contributed by atoms with Crippen LogP contribution in [0.25, 0.3) is 11.1 Å². The van der Waals surface area contributed by atoms with E-state index in [1.165, 1.54) is 26.2 Å². The number of methoxy groups -OCH3 is 1. The lowest BCUT2D eigenvalue weighted by atomic mass is 10.00. The summed E-state index contributed by atoms with van der Waals surface area (Å²) in [6.07, 6.45) is 0. The first kappa shape index (κ1) is 13.7. The van der Waals surface area contributed by atoms with Crippen molar-refractivity contribution in [2.75, 3.05) is 7.11 Å². The number of ether oxygens (including phenoxy) is 1. The molecule has 102 valence electrons. The fraction of sp³-hybridized carbons (Fsp3) is 0.133. The second-order valence-corrected chi connectivity index (χ2v) is 4.28. The maximum atomic E-state index is 11.5. The molecule has 0 radical (unpaired) electrons. The fourth-order valence-electron chi connectivity index (χ4n) is 1.94. The Morgan fingerprint density at radius 2 is 1.95 bits per heavy atom. The van der Waals surface area contributed by atoms with Crippen LogP contribution >= 0.6 is 0 Å². The van der Waals surface area contributed by atoms with E-state index in [-0.39, 0.29) is 11.5 Å². The first-order valence-electron chi connectivity index (χ1n) is 5.96. The lowest BCUT2D eigenvalue weighted by Gasteiger charge is -2.10. The van der Waals surface area contributed by atoms with Gasteiger partial charge in [0.15, 0.2) is 5.78 Å². The molecule has 0 saturated carbocycles. The van der Waals surface area contributed by atoms with Crippen LogP contribution in [-0.2, 0) is 0 Å². The van der Waals surface area contributed by atoms with E-state index in [1.54, 1.807) is 30.3 Å². The molecule has 0 aliphatic carbocycles. The Balaban J connectivity index is 2.60. The Morgan fingerprint density at radius 1 is 1.20 bits per heavy atom. The molecule has 2 rings (SSSR count). The van der Waals surface area contributed by atoms with Gasteiger partial charge in [-0.25, -0.2) is 0 Å². The lowest BCUT2D eigenvalue weighted by Crippen LogP contribution is -1.95. The number of non-ortho nitro benzene ring substituents is 1. The van der Waals surface area contributed by atoms with E-state index in [1.807, 2.05) is 0 Å². The van der Waals surface area contributed by atoms with Crippen molar-refractivity contribution >= 4 is 11.5 Å². The molecule has 2 aromatic rings. The SMILES string of the molecule is COc1ccc(C(C)=O)cc1-c1cccc([N+](=O)[O-])c1. The van der Waals surface area contributed by atoms with Gasteiger partial charge in [0, 0.05) is 23.3 Å². The van der Waals surface area contributed by atoms with E-state index in [2.05, 4.69) is 0 Å². The number of hydrogen-bond acceptors (Lipinski definition) is 4. The predicted molar refractivity (Wildman–Crippen MR) is 75.1 cm³/mol. The number of nitro groups is 1. The molecule has 0 heterocycles. The number of rotatable bonds is 4. The van der Waals surface area contributed by atoms with Crippen molar-refractivity contribution in [3.8, 4) is 16.9 Å². The lowest BCUT2D eigenvalue weighted by molar-refractivity contribution is -0.384. The quantitative estimate of drug-likeness (QED) is 0.485. The number of ketones is 1. The van der Waals surface area contributed by atoms with Gasteiger partial charge in [0.05, 0.1) is 12.0 Å². The van der Waals surface area contributed by atoms with Crippen LogP contribution in [0.15, 0.2) is 42.5 Å². The van der Waals surface area contributed by atoms with Gasteiger partial charge in [-0.05, 0) is 30.7 Å². The summed E-state index contributed by atoms with van der Waals surface area (Å²) in [5, 5.41) is 10.8. The third-order valence-electron chi connectivity index (χ3n) is 2.97. The second-order valence-electron chi connectivity index (χ2n) is 4.28. The van der Waals surface area contributed by atoms with Crippen LogP contribution in [0.2, 0.25) is 0 Å². The Morgan fingerprint density at radius 3 is 2.55 bits per heavy atom. The molecule has 0 amide bonds. The fourth-order valence-corrected chi connectivity index (χ4v) is 1.94. The Labute approximate surface area is 116 Å². The zero-order chi connectivity index (χ0) is 14.7. The molecule has 0 spiro atoms.